The van der Waals surface area contributed by atoms with Gasteiger partial charge in [0.2, 0.25) is 0 Å². The molecule has 1 aliphatic rings. The van der Waals surface area contributed by atoms with Crippen LogP contribution in [0.3, 0.4) is 0 Å². The van der Waals surface area contributed by atoms with Crippen LogP contribution >= 0.6 is 11.6 Å². The van der Waals surface area contributed by atoms with E-state index in [2.05, 4.69) is 5.32 Å². The maximum absolute atomic E-state index is 5.93. The zero-order valence-corrected chi connectivity index (χ0v) is 8.97. The third kappa shape index (κ3) is 1.95. The largest absolute Gasteiger partial charge is 0.495 e. The molecule has 1 aromatic rings. The summed E-state index contributed by atoms with van der Waals surface area (Å²) in [5.74, 6) is 0.732. The summed E-state index contributed by atoms with van der Waals surface area (Å²) in [6.45, 7) is 0. The Kier molecular flexibility index (Phi) is 2.82. The Bertz CT molecular complexity index is 323. The molecule has 1 saturated carbocycles. The maximum Gasteiger partial charge on any atom is 0.139 e. The topological polar surface area (TPSA) is 21.3 Å². The van der Waals surface area contributed by atoms with E-state index in [-0.39, 0.29) is 0 Å². The molecule has 0 unspecified atom stereocenters. The lowest BCUT2D eigenvalue weighted by Gasteiger charge is -2.27. The monoisotopic (exact) mass is 211 g/mol. The summed E-state index contributed by atoms with van der Waals surface area (Å²) < 4.78 is 5.15. The van der Waals surface area contributed by atoms with E-state index in [0.29, 0.717) is 11.1 Å². The summed E-state index contributed by atoms with van der Waals surface area (Å²) in [6.07, 6.45) is 3.87. The lowest BCUT2D eigenvalue weighted by atomic mass is 9.93. The fourth-order valence-corrected chi connectivity index (χ4v) is 1.73. The zero-order valence-electron chi connectivity index (χ0n) is 8.22. The van der Waals surface area contributed by atoms with Crippen molar-refractivity contribution in [3.63, 3.8) is 0 Å². The van der Waals surface area contributed by atoms with Crippen LogP contribution in [0.25, 0.3) is 0 Å². The molecule has 0 spiro atoms. The van der Waals surface area contributed by atoms with Gasteiger partial charge in [0.1, 0.15) is 5.75 Å². The van der Waals surface area contributed by atoms with E-state index in [1.807, 2.05) is 18.2 Å². The Balaban J connectivity index is 2.09. The number of hydrogen-bond donors (Lipinski definition) is 1. The Morgan fingerprint density at radius 2 is 2.21 bits per heavy atom. The van der Waals surface area contributed by atoms with E-state index >= 15 is 0 Å². The first-order chi connectivity index (χ1) is 6.79. The molecule has 0 aliphatic heterocycles. The van der Waals surface area contributed by atoms with Crippen LogP contribution in [0.2, 0.25) is 5.02 Å². The van der Waals surface area contributed by atoms with Crippen molar-refractivity contribution < 1.29 is 4.74 Å². The van der Waals surface area contributed by atoms with Gasteiger partial charge in [0.25, 0.3) is 0 Å². The summed E-state index contributed by atoms with van der Waals surface area (Å²) in [5, 5.41) is 4.10. The number of halogens is 1. The van der Waals surface area contributed by atoms with Gasteiger partial charge in [0.15, 0.2) is 0 Å². The number of rotatable bonds is 3. The highest BCUT2D eigenvalue weighted by Crippen LogP contribution is 2.29. The molecule has 0 saturated heterocycles. The molecule has 0 atom stereocenters. The van der Waals surface area contributed by atoms with E-state index in [1.54, 1.807) is 7.11 Å². The van der Waals surface area contributed by atoms with Crippen molar-refractivity contribution in [3.8, 4) is 5.75 Å². The zero-order chi connectivity index (χ0) is 9.97. The minimum absolute atomic E-state index is 0.640. The predicted octanol–water partition coefficient (Wildman–Crippen LogP) is 3.31. The van der Waals surface area contributed by atoms with Crippen LogP contribution < -0.4 is 10.1 Å². The van der Waals surface area contributed by atoms with Crippen molar-refractivity contribution in [1.82, 2.24) is 0 Å². The summed E-state index contributed by atoms with van der Waals surface area (Å²) in [7, 11) is 1.63. The van der Waals surface area contributed by atoms with Crippen molar-refractivity contribution >= 4 is 17.3 Å². The maximum atomic E-state index is 5.93. The summed E-state index contributed by atoms with van der Waals surface area (Å²) >= 11 is 5.93. The van der Waals surface area contributed by atoms with E-state index < -0.39 is 0 Å². The van der Waals surface area contributed by atoms with Gasteiger partial charge in [-0.15, -0.1) is 0 Å². The standard InChI is InChI=1S/C11H14ClNO/c1-14-11-7-9(5-6-10(11)12)13-8-3-2-4-8/h5-8,13H,2-4H2,1H3. The van der Waals surface area contributed by atoms with E-state index in [4.69, 9.17) is 16.3 Å². The molecule has 0 bridgehead atoms. The predicted molar refractivity (Wildman–Crippen MR) is 59.3 cm³/mol. The molecule has 1 fully saturated rings. The fourth-order valence-electron chi connectivity index (χ4n) is 1.54. The molecule has 3 heteroatoms. The second-order valence-corrected chi connectivity index (χ2v) is 4.03. The molecule has 0 amide bonds. The van der Waals surface area contributed by atoms with Gasteiger partial charge in [-0.2, -0.15) is 0 Å². The Morgan fingerprint density at radius 3 is 2.79 bits per heavy atom. The summed E-state index contributed by atoms with van der Waals surface area (Å²) in [4.78, 5) is 0. The second kappa shape index (κ2) is 4.09. The van der Waals surface area contributed by atoms with Gasteiger partial charge in [-0.25, -0.2) is 0 Å². The highest BCUT2D eigenvalue weighted by Gasteiger charge is 2.17. The molecule has 2 rings (SSSR count). The van der Waals surface area contributed by atoms with Crippen molar-refractivity contribution in [3.05, 3.63) is 23.2 Å². The SMILES string of the molecule is COc1cc(NC2CCC2)ccc1Cl. The number of nitrogens with one attached hydrogen (secondary N) is 1. The van der Waals surface area contributed by atoms with Crippen LogP contribution in [-0.4, -0.2) is 13.2 Å². The van der Waals surface area contributed by atoms with Crippen LogP contribution in [0.15, 0.2) is 18.2 Å². The number of ether oxygens (including phenoxy) is 1. The third-order valence-electron chi connectivity index (χ3n) is 2.63. The van der Waals surface area contributed by atoms with Gasteiger partial charge in [-0.05, 0) is 31.4 Å². The molecule has 2 nitrogen and oxygen atoms in total. The average molecular weight is 212 g/mol. The third-order valence-corrected chi connectivity index (χ3v) is 2.94. The normalized spacial score (nSPS) is 16.1. The van der Waals surface area contributed by atoms with Gasteiger partial charge in [0.05, 0.1) is 12.1 Å². The Labute approximate surface area is 89.2 Å². The molecule has 76 valence electrons. The molecular formula is C11H14ClNO. The van der Waals surface area contributed by atoms with Crippen LogP contribution in [-0.2, 0) is 0 Å². The van der Waals surface area contributed by atoms with Gasteiger partial charge in [-0.1, -0.05) is 11.6 Å². The van der Waals surface area contributed by atoms with Gasteiger partial charge < -0.3 is 10.1 Å². The van der Waals surface area contributed by atoms with E-state index in [0.717, 1.165) is 11.4 Å². The molecule has 1 N–H and O–H groups in total. The smallest absolute Gasteiger partial charge is 0.139 e. The first kappa shape index (κ1) is 9.66. The summed E-state index contributed by atoms with van der Waals surface area (Å²) in [5.41, 5.74) is 1.09. The van der Waals surface area contributed by atoms with Crippen molar-refractivity contribution in [2.75, 3.05) is 12.4 Å². The molecule has 0 aromatic heterocycles. The van der Waals surface area contributed by atoms with Gasteiger partial charge in [-0.3, -0.25) is 0 Å². The molecule has 14 heavy (non-hydrogen) atoms. The number of anilines is 1. The minimum Gasteiger partial charge on any atom is -0.495 e. The molecular weight excluding hydrogens is 198 g/mol. The Morgan fingerprint density at radius 1 is 1.43 bits per heavy atom. The first-order valence-electron chi connectivity index (χ1n) is 4.89. The van der Waals surface area contributed by atoms with Gasteiger partial charge >= 0.3 is 0 Å². The van der Waals surface area contributed by atoms with Crippen LogP contribution in [0.5, 0.6) is 5.75 Å². The van der Waals surface area contributed by atoms with Gasteiger partial charge in [0, 0.05) is 17.8 Å². The highest BCUT2D eigenvalue weighted by atomic mass is 35.5. The molecule has 1 aliphatic carbocycles. The van der Waals surface area contributed by atoms with Crippen molar-refractivity contribution in [1.29, 1.82) is 0 Å². The first-order valence-corrected chi connectivity index (χ1v) is 5.27. The number of methoxy groups -OCH3 is 1. The van der Waals surface area contributed by atoms with E-state index in [9.17, 15) is 0 Å². The minimum atomic E-state index is 0.640. The van der Waals surface area contributed by atoms with Crippen molar-refractivity contribution in [2.24, 2.45) is 0 Å². The molecule has 0 radical (unpaired) electrons. The second-order valence-electron chi connectivity index (χ2n) is 3.62. The fraction of sp³-hybridized carbons (Fsp3) is 0.455. The Hall–Kier alpha value is -0.890. The van der Waals surface area contributed by atoms with E-state index in [1.165, 1.54) is 19.3 Å². The number of hydrogen-bond acceptors (Lipinski definition) is 2. The lowest BCUT2D eigenvalue weighted by molar-refractivity contribution is 0.414. The van der Waals surface area contributed by atoms with Crippen LogP contribution in [0.4, 0.5) is 5.69 Å². The average Bonchev–Trinajstić information content (AvgIpc) is 2.14. The van der Waals surface area contributed by atoms with Crippen LogP contribution in [0.1, 0.15) is 19.3 Å². The highest BCUT2D eigenvalue weighted by molar-refractivity contribution is 6.32. The quantitative estimate of drug-likeness (QED) is 0.828. The molecule has 1 aromatic carbocycles. The van der Waals surface area contributed by atoms with Crippen LogP contribution in [0, 0.1) is 0 Å². The summed E-state index contributed by atoms with van der Waals surface area (Å²) in [6, 6.07) is 6.44. The molecule has 0 heterocycles. The number of benzene rings is 1. The van der Waals surface area contributed by atoms with Crippen molar-refractivity contribution in [2.45, 2.75) is 25.3 Å². The lowest BCUT2D eigenvalue weighted by Crippen LogP contribution is -2.26.